The Bertz CT molecular complexity index is 1340. The van der Waals surface area contributed by atoms with E-state index in [9.17, 15) is 4.79 Å². The topological polar surface area (TPSA) is 26.3 Å². The molecule has 0 radical (unpaired) electrons. The van der Waals surface area contributed by atoms with E-state index in [0.717, 1.165) is 38.2 Å². The first-order valence-electron chi connectivity index (χ1n) is 11.3. The Morgan fingerprint density at radius 2 is 1.12 bits per heavy atom. The molecule has 0 aliphatic heterocycles. The summed E-state index contributed by atoms with van der Waals surface area (Å²) < 4.78 is 6.35. The second kappa shape index (κ2) is 8.91. The largest absolute Gasteiger partial charge is 0.452 e. The van der Waals surface area contributed by atoms with E-state index in [1.807, 2.05) is 74.5 Å². The molecule has 0 N–H and O–H groups in total. The zero-order valence-electron chi connectivity index (χ0n) is 18.9. The van der Waals surface area contributed by atoms with Crippen molar-refractivity contribution in [2.24, 2.45) is 0 Å². The summed E-state index contributed by atoms with van der Waals surface area (Å²) in [6, 6.07) is 37.0. The zero-order valence-corrected chi connectivity index (χ0v) is 18.9. The van der Waals surface area contributed by atoms with Gasteiger partial charge in [0, 0.05) is 11.1 Å². The van der Waals surface area contributed by atoms with E-state index in [2.05, 4.69) is 48.5 Å². The first-order chi connectivity index (χ1) is 16.1. The monoisotopic (exact) mass is 430 g/mol. The summed E-state index contributed by atoms with van der Waals surface area (Å²) >= 11 is 0. The lowest BCUT2D eigenvalue weighted by molar-refractivity contribution is -0.148. The normalized spacial score (nSPS) is 12.2. The summed E-state index contributed by atoms with van der Waals surface area (Å²) in [6.45, 7) is 3.96. The van der Waals surface area contributed by atoms with Crippen LogP contribution >= 0.6 is 0 Å². The van der Waals surface area contributed by atoms with Gasteiger partial charge >= 0.3 is 5.97 Å². The third-order valence-corrected chi connectivity index (χ3v) is 6.38. The number of benzene rings is 5. The van der Waals surface area contributed by atoms with Crippen molar-refractivity contribution in [1.82, 2.24) is 0 Å². The van der Waals surface area contributed by atoms with Crippen molar-refractivity contribution < 1.29 is 9.53 Å². The van der Waals surface area contributed by atoms with Crippen molar-refractivity contribution in [2.75, 3.05) is 0 Å². The lowest BCUT2D eigenvalue weighted by Crippen LogP contribution is -2.18. The highest BCUT2D eigenvalue weighted by Gasteiger charge is 2.26. The highest BCUT2D eigenvalue weighted by molar-refractivity contribution is 5.90. The van der Waals surface area contributed by atoms with Crippen molar-refractivity contribution in [3.8, 4) is 0 Å². The van der Waals surface area contributed by atoms with E-state index in [-0.39, 0.29) is 11.9 Å². The number of hydrogen-bond acceptors (Lipinski definition) is 2. The fraction of sp³-hybridized carbons (Fsp3) is 0.129. The van der Waals surface area contributed by atoms with Crippen LogP contribution in [0.3, 0.4) is 0 Å². The molecule has 0 saturated heterocycles. The number of esters is 1. The van der Waals surface area contributed by atoms with Crippen molar-refractivity contribution in [3.05, 3.63) is 131 Å². The van der Waals surface area contributed by atoms with Gasteiger partial charge in [0.15, 0.2) is 6.10 Å². The van der Waals surface area contributed by atoms with Crippen LogP contribution in [0.15, 0.2) is 109 Å². The summed E-state index contributed by atoms with van der Waals surface area (Å²) in [4.78, 5) is 13.4. The van der Waals surface area contributed by atoms with E-state index in [0.29, 0.717) is 0 Å². The smallest absolute Gasteiger partial charge is 0.314 e. The maximum atomic E-state index is 13.4. The fourth-order valence-electron chi connectivity index (χ4n) is 4.46. The molecule has 0 unspecified atom stereocenters. The van der Waals surface area contributed by atoms with Gasteiger partial charge in [-0.15, -0.1) is 0 Å². The summed E-state index contributed by atoms with van der Waals surface area (Å²) in [5, 5.41) is 4.44. The van der Waals surface area contributed by atoms with Gasteiger partial charge in [-0.1, -0.05) is 115 Å². The van der Waals surface area contributed by atoms with E-state index < -0.39 is 6.10 Å². The van der Waals surface area contributed by atoms with Crippen LogP contribution < -0.4 is 0 Å². The predicted molar refractivity (Wildman–Crippen MR) is 135 cm³/mol. The lowest BCUT2D eigenvalue weighted by atomic mass is 9.92. The number of carbonyl (C=O) groups is 1. The van der Waals surface area contributed by atoms with Crippen LogP contribution in [0.25, 0.3) is 21.5 Å². The minimum Gasteiger partial charge on any atom is -0.452 e. The molecule has 0 fully saturated rings. The first-order valence-corrected chi connectivity index (χ1v) is 11.3. The molecule has 2 heteroatoms. The Morgan fingerprint density at radius 3 is 1.67 bits per heavy atom. The van der Waals surface area contributed by atoms with Gasteiger partial charge < -0.3 is 4.74 Å². The van der Waals surface area contributed by atoms with Crippen LogP contribution in [0.1, 0.15) is 41.2 Å². The molecule has 0 saturated carbocycles. The number of aryl methyl sites for hydroxylation is 1. The molecule has 1 atom stereocenters. The predicted octanol–water partition coefficient (Wildman–Crippen LogP) is 7.74. The van der Waals surface area contributed by atoms with Crippen LogP contribution in [0.5, 0.6) is 0 Å². The summed E-state index contributed by atoms with van der Waals surface area (Å²) in [5.74, 6) is -0.595. The van der Waals surface area contributed by atoms with Crippen LogP contribution in [0, 0.1) is 6.92 Å². The molecule has 0 bridgehead atoms. The van der Waals surface area contributed by atoms with Gasteiger partial charge in [0.25, 0.3) is 0 Å². The van der Waals surface area contributed by atoms with Gasteiger partial charge in [0.2, 0.25) is 0 Å². The minimum atomic E-state index is -0.511. The van der Waals surface area contributed by atoms with Crippen molar-refractivity contribution in [1.29, 1.82) is 0 Å². The molecular formula is C31H26O2. The number of fused-ring (bicyclic) bond motifs is 2. The van der Waals surface area contributed by atoms with Crippen LogP contribution in [0.2, 0.25) is 0 Å². The highest BCUT2D eigenvalue weighted by Crippen LogP contribution is 2.36. The highest BCUT2D eigenvalue weighted by atomic mass is 16.5. The molecule has 0 aromatic heterocycles. The molecule has 0 heterocycles. The molecule has 0 amide bonds. The number of hydrogen-bond donors (Lipinski definition) is 0. The van der Waals surface area contributed by atoms with Gasteiger partial charge in [-0.05, 0) is 41.0 Å². The van der Waals surface area contributed by atoms with Gasteiger partial charge in [-0.25, -0.2) is 0 Å². The molecular weight excluding hydrogens is 404 g/mol. The molecule has 2 nitrogen and oxygen atoms in total. The maximum absolute atomic E-state index is 13.4. The fourth-order valence-corrected chi connectivity index (χ4v) is 4.46. The van der Waals surface area contributed by atoms with E-state index in [1.165, 1.54) is 5.56 Å². The Labute approximate surface area is 194 Å². The molecule has 33 heavy (non-hydrogen) atoms. The van der Waals surface area contributed by atoms with Gasteiger partial charge in [0.05, 0.1) is 5.92 Å². The van der Waals surface area contributed by atoms with Crippen LogP contribution in [-0.2, 0) is 9.53 Å². The molecule has 5 aromatic rings. The average molecular weight is 431 g/mol. The maximum Gasteiger partial charge on any atom is 0.314 e. The summed E-state index contributed by atoms with van der Waals surface area (Å²) in [5.41, 5.74) is 4.12. The summed E-state index contributed by atoms with van der Waals surface area (Å²) in [7, 11) is 0. The van der Waals surface area contributed by atoms with E-state index in [1.54, 1.807) is 0 Å². The van der Waals surface area contributed by atoms with Crippen molar-refractivity contribution in [3.63, 3.8) is 0 Å². The molecule has 0 spiro atoms. The van der Waals surface area contributed by atoms with Gasteiger partial charge in [-0.2, -0.15) is 0 Å². The molecule has 5 aromatic carbocycles. The third kappa shape index (κ3) is 4.12. The van der Waals surface area contributed by atoms with E-state index in [4.69, 9.17) is 4.74 Å². The van der Waals surface area contributed by atoms with Crippen molar-refractivity contribution >= 4 is 27.5 Å². The third-order valence-electron chi connectivity index (χ3n) is 6.38. The Kier molecular flexibility index (Phi) is 5.66. The Balaban J connectivity index is 1.63. The minimum absolute atomic E-state index is 0.232. The standard InChI is InChI=1S/C31H26O2/c1-21-17-19-23(20-18-21)22(2)31(32)33-30(28-15-7-11-24-9-3-5-13-26(24)28)29-16-8-12-25-10-4-6-14-27(25)29/h3-20,22,30H,1-2H3/t22-/m1/s1. The number of carbonyl (C=O) groups excluding carboxylic acids is 1. The van der Waals surface area contributed by atoms with E-state index >= 15 is 0 Å². The first kappa shape index (κ1) is 21.0. The second-order valence-corrected chi connectivity index (χ2v) is 8.59. The second-order valence-electron chi connectivity index (χ2n) is 8.59. The zero-order chi connectivity index (χ0) is 22.8. The van der Waals surface area contributed by atoms with Crippen molar-refractivity contribution in [2.45, 2.75) is 25.9 Å². The molecule has 0 aliphatic carbocycles. The number of rotatable bonds is 5. The molecule has 162 valence electrons. The quantitative estimate of drug-likeness (QED) is 0.267. The van der Waals surface area contributed by atoms with Crippen LogP contribution in [-0.4, -0.2) is 5.97 Å². The number of ether oxygens (including phenoxy) is 1. The molecule has 0 aliphatic rings. The average Bonchev–Trinajstić information content (AvgIpc) is 2.86. The van der Waals surface area contributed by atoms with Gasteiger partial charge in [-0.3, -0.25) is 4.79 Å². The van der Waals surface area contributed by atoms with Crippen LogP contribution in [0.4, 0.5) is 0 Å². The Hall–Kier alpha value is -3.91. The van der Waals surface area contributed by atoms with Gasteiger partial charge in [0.1, 0.15) is 0 Å². The Morgan fingerprint density at radius 1 is 0.636 bits per heavy atom. The SMILES string of the molecule is Cc1ccc([C@@H](C)C(=O)OC(c2cccc3ccccc23)c2cccc3ccccc23)cc1. The summed E-state index contributed by atoms with van der Waals surface area (Å²) in [6.07, 6.45) is -0.511. The molecule has 5 rings (SSSR count). The lowest BCUT2D eigenvalue weighted by Gasteiger charge is -2.24.